The average Bonchev–Trinajstić information content (AvgIpc) is 2.24. The summed E-state index contributed by atoms with van der Waals surface area (Å²) >= 11 is 0. The second-order valence-electron chi connectivity index (χ2n) is 3.20. The van der Waals surface area contributed by atoms with E-state index in [1.165, 1.54) is 0 Å². The SMILES string of the molecule is C=CCN([C]=O)C(C)N(CC=C)CC=C. The summed E-state index contributed by atoms with van der Waals surface area (Å²) in [5.41, 5.74) is 0. The van der Waals surface area contributed by atoms with Gasteiger partial charge in [0.25, 0.3) is 0 Å². The van der Waals surface area contributed by atoms with Gasteiger partial charge in [-0.2, -0.15) is 0 Å². The van der Waals surface area contributed by atoms with Crippen LogP contribution in [0, 0.1) is 0 Å². The Kier molecular flexibility index (Phi) is 7.28. The monoisotopic (exact) mass is 207 g/mol. The maximum atomic E-state index is 10.7. The Labute approximate surface area is 92.4 Å². The minimum absolute atomic E-state index is 0.0310. The maximum absolute atomic E-state index is 10.7. The fourth-order valence-corrected chi connectivity index (χ4v) is 1.31. The molecular formula is C12H19N2O. The molecule has 0 aliphatic rings. The van der Waals surface area contributed by atoms with Gasteiger partial charge in [-0.15, -0.1) is 19.7 Å². The topological polar surface area (TPSA) is 23.6 Å². The molecule has 0 bridgehead atoms. The molecule has 0 aliphatic heterocycles. The molecule has 0 aromatic carbocycles. The molecule has 0 aromatic heterocycles. The first-order chi connectivity index (χ1) is 7.21. The lowest BCUT2D eigenvalue weighted by Crippen LogP contribution is -2.46. The van der Waals surface area contributed by atoms with Crippen molar-refractivity contribution < 1.29 is 4.79 Å². The molecule has 0 N–H and O–H groups in total. The van der Waals surface area contributed by atoms with Gasteiger partial charge in [-0.3, -0.25) is 9.69 Å². The lowest BCUT2D eigenvalue weighted by molar-refractivity contribution is 0.136. The maximum Gasteiger partial charge on any atom is 0.313 e. The molecule has 0 aliphatic carbocycles. The van der Waals surface area contributed by atoms with Crippen molar-refractivity contribution in [3.63, 3.8) is 0 Å². The standard InChI is InChI=1S/C12H19N2O/c1-5-8-13(9-6-2)12(4)14(11-15)10-7-3/h5-7,12H,1-3,8-10H2,4H3. The van der Waals surface area contributed by atoms with Crippen molar-refractivity contribution in [2.24, 2.45) is 0 Å². The fourth-order valence-electron chi connectivity index (χ4n) is 1.31. The molecule has 15 heavy (non-hydrogen) atoms. The summed E-state index contributed by atoms with van der Waals surface area (Å²) in [5.74, 6) is 0. The van der Waals surface area contributed by atoms with Gasteiger partial charge in [0.15, 0.2) is 0 Å². The van der Waals surface area contributed by atoms with Crippen LogP contribution in [0.2, 0.25) is 0 Å². The van der Waals surface area contributed by atoms with Crippen molar-refractivity contribution in [1.29, 1.82) is 0 Å². The molecule has 83 valence electrons. The van der Waals surface area contributed by atoms with Gasteiger partial charge in [0.1, 0.15) is 0 Å². The molecule has 3 heteroatoms. The van der Waals surface area contributed by atoms with Gasteiger partial charge in [0.2, 0.25) is 0 Å². The summed E-state index contributed by atoms with van der Waals surface area (Å²) in [4.78, 5) is 14.3. The minimum Gasteiger partial charge on any atom is -0.315 e. The minimum atomic E-state index is -0.0310. The number of hydrogen-bond acceptors (Lipinski definition) is 2. The summed E-state index contributed by atoms with van der Waals surface area (Å²) in [6, 6.07) is 0. The van der Waals surface area contributed by atoms with E-state index in [4.69, 9.17) is 0 Å². The largest absolute Gasteiger partial charge is 0.315 e. The van der Waals surface area contributed by atoms with Crippen LogP contribution in [-0.2, 0) is 4.79 Å². The van der Waals surface area contributed by atoms with Crippen LogP contribution in [0.1, 0.15) is 6.92 Å². The predicted molar refractivity (Wildman–Crippen MR) is 64.0 cm³/mol. The molecule has 3 nitrogen and oxygen atoms in total. The van der Waals surface area contributed by atoms with Crippen molar-refractivity contribution in [2.75, 3.05) is 19.6 Å². The van der Waals surface area contributed by atoms with Gasteiger partial charge >= 0.3 is 6.41 Å². The van der Waals surface area contributed by atoms with Crippen molar-refractivity contribution in [2.45, 2.75) is 13.1 Å². The first kappa shape index (κ1) is 13.7. The van der Waals surface area contributed by atoms with Gasteiger partial charge in [0, 0.05) is 19.6 Å². The quantitative estimate of drug-likeness (QED) is 0.325. The molecule has 1 atom stereocenters. The Bertz CT molecular complexity index is 216. The van der Waals surface area contributed by atoms with Crippen molar-refractivity contribution in [1.82, 2.24) is 9.80 Å². The zero-order valence-corrected chi connectivity index (χ0v) is 9.35. The molecule has 0 heterocycles. The lowest BCUT2D eigenvalue weighted by Gasteiger charge is -2.33. The van der Waals surface area contributed by atoms with E-state index in [-0.39, 0.29) is 6.17 Å². The van der Waals surface area contributed by atoms with Crippen LogP contribution in [-0.4, -0.2) is 42.0 Å². The summed E-state index contributed by atoms with van der Waals surface area (Å²) in [6.07, 6.45) is 7.16. The molecule has 0 rings (SSSR count). The van der Waals surface area contributed by atoms with Crippen LogP contribution in [0.3, 0.4) is 0 Å². The Morgan fingerprint density at radius 1 is 1.13 bits per heavy atom. The highest BCUT2D eigenvalue weighted by Gasteiger charge is 2.17. The molecule has 1 unspecified atom stereocenters. The number of amides is 1. The third kappa shape index (κ3) is 4.61. The molecule has 0 aromatic rings. The fraction of sp³-hybridized carbons (Fsp3) is 0.417. The second kappa shape index (κ2) is 8.00. The Hall–Kier alpha value is -1.35. The van der Waals surface area contributed by atoms with Crippen LogP contribution in [0.5, 0.6) is 0 Å². The first-order valence-corrected chi connectivity index (χ1v) is 4.92. The summed E-state index contributed by atoms with van der Waals surface area (Å²) in [6.45, 7) is 14.8. The van der Waals surface area contributed by atoms with Gasteiger partial charge in [-0.1, -0.05) is 18.2 Å². The Balaban J connectivity index is 4.47. The summed E-state index contributed by atoms with van der Waals surface area (Å²) < 4.78 is 0. The normalized spacial score (nSPS) is 11.9. The van der Waals surface area contributed by atoms with Crippen LogP contribution in [0.4, 0.5) is 0 Å². The molecule has 1 amide bonds. The zero-order chi connectivity index (χ0) is 11.7. The molecular weight excluding hydrogens is 188 g/mol. The smallest absolute Gasteiger partial charge is 0.313 e. The molecule has 0 saturated heterocycles. The van der Waals surface area contributed by atoms with Gasteiger partial charge < -0.3 is 4.90 Å². The van der Waals surface area contributed by atoms with Gasteiger partial charge in [-0.05, 0) is 6.92 Å². The van der Waals surface area contributed by atoms with Crippen molar-refractivity contribution >= 4 is 6.41 Å². The number of hydrogen-bond donors (Lipinski definition) is 0. The number of rotatable bonds is 9. The second-order valence-corrected chi connectivity index (χ2v) is 3.20. The molecule has 0 saturated carbocycles. The number of carbonyl (C=O) groups excluding carboxylic acids is 1. The van der Waals surface area contributed by atoms with Crippen LogP contribution < -0.4 is 0 Å². The van der Waals surface area contributed by atoms with Gasteiger partial charge in [0.05, 0.1) is 6.17 Å². The highest BCUT2D eigenvalue weighted by Crippen LogP contribution is 2.04. The third-order valence-corrected chi connectivity index (χ3v) is 2.15. The van der Waals surface area contributed by atoms with E-state index in [1.54, 1.807) is 23.1 Å². The van der Waals surface area contributed by atoms with E-state index < -0.39 is 0 Å². The number of nitrogens with zero attached hydrogens (tertiary/aromatic N) is 2. The van der Waals surface area contributed by atoms with Crippen molar-refractivity contribution in [3.05, 3.63) is 38.0 Å². The highest BCUT2D eigenvalue weighted by atomic mass is 16.1. The van der Waals surface area contributed by atoms with Crippen LogP contribution in [0.25, 0.3) is 0 Å². The zero-order valence-electron chi connectivity index (χ0n) is 9.35. The van der Waals surface area contributed by atoms with E-state index >= 15 is 0 Å². The van der Waals surface area contributed by atoms with E-state index in [0.29, 0.717) is 19.6 Å². The van der Waals surface area contributed by atoms with E-state index in [0.717, 1.165) is 0 Å². The third-order valence-electron chi connectivity index (χ3n) is 2.15. The molecule has 0 fully saturated rings. The summed E-state index contributed by atoms with van der Waals surface area (Å²) in [5, 5.41) is 0. The van der Waals surface area contributed by atoms with Crippen molar-refractivity contribution in [3.8, 4) is 0 Å². The predicted octanol–water partition coefficient (Wildman–Crippen LogP) is 1.56. The first-order valence-electron chi connectivity index (χ1n) is 4.92. The molecule has 0 spiro atoms. The van der Waals surface area contributed by atoms with Crippen LogP contribution in [0.15, 0.2) is 38.0 Å². The van der Waals surface area contributed by atoms with Crippen LogP contribution >= 0.6 is 0 Å². The average molecular weight is 207 g/mol. The van der Waals surface area contributed by atoms with E-state index in [2.05, 4.69) is 24.6 Å². The van der Waals surface area contributed by atoms with E-state index in [1.807, 2.05) is 13.3 Å². The molecule has 1 radical (unpaired) electrons. The Morgan fingerprint density at radius 2 is 1.60 bits per heavy atom. The van der Waals surface area contributed by atoms with Gasteiger partial charge in [-0.25, -0.2) is 0 Å². The lowest BCUT2D eigenvalue weighted by atomic mass is 10.3. The summed E-state index contributed by atoms with van der Waals surface area (Å²) in [7, 11) is 0. The highest BCUT2D eigenvalue weighted by molar-refractivity contribution is 5.48. The van der Waals surface area contributed by atoms with E-state index in [9.17, 15) is 4.79 Å². The Morgan fingerprint density at radius 3 is 1.93 bits per heavy atom.